The highest BCUT2D eigenvalue weighted by atomic mass is 16.5. The van der Waals surface area contributed by atoms with Gasteiger partial charge in [-0.05, 0) is 56.7 Å². The van der Waals surface area contributed by atoms with E-state index in [2.05, 4.69) is 16.2 Å². The van der Waals surface area contributed by atoms with Gasteiger partial charge in [0.2, 0.25) is 5.91 Å². The Balaban J connectivity index is 1.69. The van der Waals surface area contributed by atoms with Crippen LogP contribution < -0.4 is 20.9 Å². The van der Waals surface area contributed by atoms with Crippen LogP contribution in [0, 0.1) is 13.8 Å². The van der Waals surface area contributed by atoms with Gasteiger partial charge >= 0.3 is 0 Å². The molecule has 2 aromatic carbocycles. The highest BCUT2D eigenvalue weighted by Gasteiger charge is 2.11. The van der Waals surface area contributed by atoms with Crippen LogP contribution >= 0.6 is 0 Å². The number of nitrogens with one attached hydrogen (secondary N) is 3. The summed E-state index contributed by atoms with van der Waals surface area (Å²) in [7, 11) is 0. The van der Waals surface area contributed by atoms with E-state index in [1.807, 2.05) is 39.0 Å². The molecular formula is C22H27N3O4. The summed E-state index contributed by atoms with van der Waals surface area (Å²) in [4.78, 5) is 35.9. The number of aryl methyl sites for hydroxylation is 2. The monoisotopic (exact) mass is 397 g/mol. The third kappa shape index (κ3) is 7.29. The number of hydrazine groups is 1. The van der Waals surface area contributed by atoms with Gasteiger partial charge < -0.3 is 10.1 Å². The van der Waals surface area contributed by atoms with Gasteiger partial charge in [0.25, 0.3) is 5.91 Å². The number of anilines is 1. The zero-order chi connectivity index (χ0) is 21.2. The molecule has 0 heterocycles. The second-order valence-electron chi connectivity index (χ2n) is 6.65. The lowest BCUT2D eigenvalue weighted by molar-refractivity contribution is -0.128. The van der Waals surface area contributed by atoms with Crippen LogP contribution in [0.25, 0.3) is 0 Å². The van der Waals surface area contributed by atoms with E-state index < -0.39 is 5.91 Å². The first kappa shape index (κ1) is 21.9. The molecular weight excluding hydrogens is 370 g/mol. The summed E-state index contributed by atoms with van der Waals surface area (Å²) >= 11 is 0. The molecule has 7 heteroatoms. The molecule has 0 aliphatic heterocycles. The van der Waals surface area contributed by atoms with E-state index in [0.717, 1.165) is 16.8 Å². The summed E-state index contributed by atoms with van der Waals surface area (Å²) in [6, 6.07) is 12.7. The van der Waals surface area contributed by atoms with Crippen molar-refractivity contribution < 1.29 is 19.1 Å². The van der Waals surface area contributed by atoms with Crippen LogP contribution in [0.15, 0.2) is 42.5 Å². The number of rotatable bonds is 9. The predicted molar refractivity (Wildman–Crippen MR) is 112 cm³/mol. The Labute approximate surface area is 170 Å². The number of hydrogen-bond donors (Lipinski definition) is 3. The van der Waals surface area contributed by atoms with Crippen molar-refractivity contribution in [3.8, 4) is 5.75 Å². The fourth-order valence-corrected chi connectivity index (χ4v) is 2.71. The minimum Gasteiger partial charge on any atom is -0.494 e. The second-order valence-corrected chi connectivity index (χ2v) is 6.65. The highest BCUT2D eigenvalue weighted by molar-refractivity contribution is 5.98. The lowest BCUT2D eigenvalue weighted by atomic mass is 10.1. The van der Waals surface area contributed by atoms with E-state index in [1.165, 1.54) is 0 Å². The SMILES string of the molecule is CCOc1ccc(C(=O)CCC(=O)NNC(=O)CNc2ccc(C)cc2C)cc1. The number of hydrogen-bond acceptors (Lipinski definition) is 5. The zero-order valence-electron chi connectivity index (χ0n) is 17.0. The Kier molecular flexibility index (Phi) is 8.21. The normalized spacial score (nSPS) is 10.2. The maximum atomic E-state index is 12.2. The molecule has 0 atom stereocenters. The first-order valence-corrected chi connectivity index (χ1v) is 9.54. The third-order valence-electron chi connectivity index (χ3n) is 4.23. The number of ketones is 1. The molecule has 0 aliphatic rings. The molecule has 7 nitrogen and oxygen atoms in total. The molecule has 0 saturated heterocycles. The zero-order valence-corrected chi connectivity index (χ0v) is 17.0. The number of carbonyl (C=O) groups excluding carboxylic acids is 3. The Morgan fingerprint density at radius 2 is 1.59 bits per heavy atom. The first-order chi connectivity index (χ1) is 13.9. The Hall–Kier alpha value is -3.35. The van der Waals surface area contributed by atoms with Crippen molar-refractivity contribution >= 4 is 23.3 Å². The summed E-state index contributed by atoms with van der Waals surface area (Å²) in [6.45, 7) is 6.42. The van der Waals surface area contributed by atoms with E-state index in [9.17, 15) is 14.4 Å². The average Bonchev–Trinajstić information content (AvgIpc) is 2.70. The van der Waals surface area contributed by atoms with E-state index >= 15 is 0 Å². The quantitative estimate of drug-likeness (QED) is 0.447. The van der Waals surface area contributed by atoms with E-state index in [0.29, 0.717) is 17.9 Å². The molecule has 0 bridgehead atoms. The van der Waals surface area contributed by atoms with Crippen molar-refractivity contribution in [3.05, 3.63) is 59.2 Å². The van der Waals surface area contributed by atoms with Crippen LogP contribution in [0.5, 0.6) is 5.75 Å². The highest BCUT2D eigenvalue weighted by Crippen LogP contribution is 2.15. The summed E-state index contributed by atoms with van der Waals surface area (Å²) in [5.41, 5.74) is 8.22. The number of benzene rings is 2. The van der Waals surface area contributed by atoms with Crippen molar-refractivity contribution in [3.63, 3.8) is 0 Å². The summed E-state index contributed by atoms with van der Waals surface area (Å²) < 4.78 is 5.33. The maximum Gasteiger partial charge on any atom is 0.257 e. The molecule has 0 spiro atoms. The van der Waals surface area contributed by atoms with Gasteiger partial charge in [0.15, 0.2) is 5.78 Å². The predicted octanol–water partition coefficient (Wildman–Crippen LogP) is 2.92. The van der Waals surface area contributed by atoms with Crippen molar-refractivity contribution in [1.29, 1.82) is 0 Å². The van der Waals surface area contributed by atoms with Crippen molar-refractivity contribution in [1.82, 2.24) is 10.9 Å². The molecule has 154 valence electrons. The topological polar surface area (TPSA) is 96.5 Å². The van der Waals surface area contributed by atoms with E-state index in [-0.39, 0.29) is 31.1 Å². The molecule has 29 heavy (non-hydrogen) atoms. The van der Waals surface area contributed by atoms with Crippen LogP contribution in [-0.4, -0.2) is 30.7 Å². The number of ether oxygens (including phenoxy) is 1. The van der Waals surface area contributed by atoms with E-state index in [1.54, 1.807) is 24.3 Å². The number of carbonyl (C=O) groups is 3. The van der Waals surface area contributed by atoms with Crippen molar-refractivity contribution in [2.24, 2.45) is 0 Å². The molecule has 0 fully saturated rings. The lowest BCUT2D eigenvalue weighted by Gasteiger charge is -2.11. The Bertz CT molecular complexity index is 863. The molecule has 0 saturated carbocycles. The Morgan fingerprint density at radius 3 is 2.24 bits per heavy atom. The molecule has 0 aliphatic carbocycles. The molecule has 0 aromatic heterocycles. The molecule has 2 rings (SSSR count). The van der Waals surface area contributed by atoms with Crippen molar-refractivity contribution in [2.45, 2.75) is 33.6 Å². The standard InChI is InChI=1S/C22H27N3O4/c1-4-29-18-8-6-17(7-9-18)20(26)11-12-21(27)24-25-22(28)14-23-19-10-5-15(2)13-16(19)3/h5-10,13,23H,4,11-12,14H2,1-3H3,(H,24,27)(H,25,28). The van der Waals surface area contributed by atoms with Gasteiger partial charge in [-0.15, -0.1) is 0 Å². The van der Waals surface area contributed by atoms with Crippen LogP contribution in [0.4, 0.5) is 5.69 Å². The van der Waals surface area contributed by atoms with Crippen molar-refractivity contribution in [2.75, 3.05) is 18.5 Å². The molecule has 0 unspecified atom stereocenters. The molecule has 2 aromatic rings. The first-order valence-electron chi connectivity index (χ1n) is 9.54. The Morgan fingerprint density at radius 1 is 0.897 bits per heavy atom. The fourth-order valence-electron chi connectivity index (χ4n) is 2.71. The largest absolute Gasteiger partial charge is 0.494 e. The van der Waals surface area contributed by atoms with Crippen LogP contribution in [0.1, 0.15) is 41.3 Å². The summed E-state index contributed by atoms with van der Waals surface area (Å²) in [6.07, 6.45) is 0.0350. The maximum absolute atomic E-state index is 12.2. The molecule has 3 N–H and O–H groups in total. The number of Topliss-reactive ketones (excluding diaryl/α,β-unsaturated/α-hetero) is 1. The minimum absolute atomic E-state index is 0.0170. The van der Waals surface area contributed by atoms with Gasteiger partial charge in [0.05, 0.1) is 13.2 Å². The van der Waals surface area contributed by atoms with Gasteiger partial charge in [-0.1, -0.05) is 17.7 Å². The molecule has 0 radical (unpaired) electrons. The van der Waals surface area contributed by atoms with Crippen LogP contribution in [0.3, 0.4) is 0 Å². The summed E-state index contributed by atoms with van der Waals surface area (Å²) in [5, 5.41) is 3.02. The lowest BCUT2D eigenvalue weighted by Crippen LogP contribution is -2.44. The van der Waals surface area contributed by atoms with Gasteiger partial charge in [0, 0.05) is 24.1 Å². The fraction of sp³-hybridized carbons (Fsp3) is 0.318. The van der Waals surface area contributed by atoms with Gasteiger partial charge in [-0.2, -0.15) is 0 Å². The van der Waals surface area contributed by atoms with Gasteiger partial charge in [-0.25, -0.2) is 0 Å². The minimum atomic E-state index is -0.427. The van der Waals surface area contributed by atoms with Crippen LogP contribution in [0.2, 0.25) is 0 Å². The smallest absolute Gasteiger partial charge is 0.257 e. The summed E-state index contributed by atoms with van der Waals surface area (Å²) in [5.74, 6) is -0.259. The van der Waals surface area contributed by atoms with Crippen LogP contribution in [-0.2, 0) is 9.59 Å². The molecule has 2 amide bonds. The third-order valence-corrected chi connectivity index (χ3v) is 4.23. The second kappa shape index (κ2) is 10.8. The van der Waals surface area contributed by atoms with E-state index in [4.69, 9.17) is 4.74 Å². The van der Waals surface area contributed by atoms with Gasteiger partial charge in [0.1, 0.15) is 5.75 Å². The van der Waals surface area contributed by atoms with Gasteiger partial charge in [-0.3, -0.25) is 25.2 Å². The average molecular weight is 397 g/mol. The number of amides is 2.